The molecule has 0 aliphatic rings. The van der Waals surface area contributed by atoms with Crippen molar-refractivity contribution in [1.82, 2.24) is 0 Å². The van der Waals surface area contributed by atoms with Crippen LogP contribution in [0.4, 0.5) is 0 Å². The molecule has 0 amide bonds. The molecule has 0 heterocycles. The molecule has 0 radical (unpaired) electrons. The van der Waals surface area contributed by atoms with Crippen molar-refractivity contribution in [3.63, 3.8) is 0 Å². The normalized spacial score (nSPS) is 11.1. The molecule has 0 aromatic rings. The van der Waals surface area contributed by atoms with Crippen LogP contribution in [0.25, 0.3) is 0 Å². The van der Waals surface area contributed by atoms with Gasteiger partial charge in [0.2, 0.25) is 0 Å². The molecule has 0 aromatic carbocycles. The van der Waals surface area contributed by atoms with Crippen LogP contribution in [-0.2, 0) is 14.3 Å². The summed E-state index contributed by atoms with van der Waals surface area (Å²) in [5.74, 6) is -1.02. The van der Waals surface area contributed by atoms with E-state index in [4.69, 9.17) is 9.84 Å². The number of aliphatic carboxylic acids is 1. The third-order valence-electron chi connectivity index (χ3n) is 2.45. The van der Waals surface area contributed by atoms with Gasteiger partial charge in [0, 0.05) is 6.42 Å². The second-order valence-electron chi connectivity index (χ2n) is 4.22. The van der Waals surface area contributed by atoms with E-state index in [0.29, 0.717) is 19.4 Å². The smallest absolute Gasteiger partial charge is 0.311 e. The van der Waals surface area contributed by atoms with Crippen LogP contribution in [0, 0.1) is 5.41 Å². The lowest BCUT2D eigenvalue weighted by Crippen LogP contribution is -2.26. The molecule has 0 unspecified atom stereocenters. The number of carboxylic acids is 1. The van der Waals surface area contributed by atoms with Crippen molar-refractivity contribution in [2.24, 2.45) is 5.41 Å². The zero-order valence-electron chi connectivity index (χ0n) is 9.71. The molecule has 88 valence electrons. The molecule has 15 heavy (non-hydrogen) atoms. The van der Waals surface area contributed by atoms with Gasteiger partial charge in [0.1, 0.15) is 0 Å². The van der Waals surface area contributed by atoms with E-state index in [2.05, 4.69) is 0 Å². The van der Waals surface area contributed by atoms with Gasteiger partial charge in [0.05, 0.1) is 12.0 Å². The van der Waals surface area contributed by atoms with Crippen molar-refractivity contribution in [1.29, 1.82) is 0 Å². The molecule has 0 fully saturated rings. The van der Waals surface area contributed by atoms with Crippen LogP contribution in [0.2, 0.25) is 0 Å². The van der Waals surface area contributed by atoms with Crippen molar-refractivity contribution in [2.45, 2.75) is 46.5 Å². The standard InChI is InChI=1S/C11H20O4/c1-4-11(2,3)10(14)15-8-6-5-7-9(12)13/h4-8H2,1-3H3,(H,12,13). The Hall–Kier alpha value is -1.06. The summed E-state index contributed by atoms with van der Waals surface area (Å²) in [6, 6.07) is 0. The van der Waals surface area contributed by atoms with Crippen LogP contribution in [-0.4, -0.2) is 23.7 Å². The van der Waals surface area contributed by atoms with E-state index in [0.717, 1.165) is 6.42 Å². The Morgan fingerprint density at radius 2 is 1.87 bits per heavy atom. The summed E-state index contributed by atoms with van der Waals surface area (Å²) < 4.78 is 5.05. The van der Waals surface area contributed by atoms with Gasteiger partial charge in [-0.2, -0.15) is 0 Å². The van der Waals surface area contributed by atoms with Gasteiger partial charge >= 0.3 is 11.9 Å². The maximum Gasteiger partial charge on any atom is 0.311 e. The predicted octanol–water partition coefficient (Wildman–Crippen LogP) is 2.22. The van der Waals surface area contributed by atoms with Gasteiger partial charge in [-0.25, -0.2) is 0 Å². The van der Waals surface area contributed by atoms with E-state index < -0.39 is 11.4 Å². The number of carbonyl (C=O) groups excluding carboxylic acids is 1. The van der Waals surface area contributed by atoms with E-state index in [-0.39, 0.29) is 12.4 Å². The molecule has 0 saturated carbocycles. The minimum Gasteiger partial charge on any atom is -0.481 e. The van der Waals surface area contributed by atoms with Crippen LogP contribution in [0.15, 0.2) is 0 Å². The van der Waals surface area contributed by atoms with E-state index in [1.54, 1.807) is 0 Å². The zero-order chi connectivity index (χ0) is 11.9. The van der Waals surface area contributed by atoms with Crippen molar-refractivity contribution in [3.05, 3.63) is 0 Å². The highest BCUT2D eigenvalue weighted by molar-refractivity contribution is 5.75. The Morgan fingerprint density at radius 1 is 1.27 bits per heavy atom. The van der Waals surface area contributed by atoms with Gasteiger partial charge < -0.3 is 9.84 Å². The molecule has 0 saturated heterocycles. The number of ether oxygens (including phenoxy) is 1. The van der Waals surface area contributed by atoms with Crippen LogP contribution < -0.4 is 0 Å². The van der Waals surface area contributed by atoms with Crippen molar-refractivity contribution in [3.8, 4) is 0 Å². The number of carboxylic acid groups (broad SMARTS) is 1. The van der Waals surface area contributed by atoms with Crippen LogP contribution >= 0.6 is 0 Å². The van der Waals surface area contributed by atoms with Crippen molar-refractivity contribution in [2.75, 3.05) is 6.61 Å². The van der Waals surface area contributed by atoms with Crippen LogP contribution in [0.1, 0.15) is 46.5 Å². The highest BCUT2D eigenvalue weighted by Crippen LogP contribution is 2.21. The zero-order valence-corrected chi connectivity index (χ0v) is 9.71. The maximum absolute atomic E-state index is 11.5. The van der Waals surface area contributed by atoms with Crippen LogP contribution in [0.5, 0.6) is 0 Å². The molecule has 0 rings (SSSR count). The molecule has 0 aliphatic heterocycles. The monoisotopic (exact) mass is 216 g/mol. The third kappa shape index (κ3) is 6.10. The van der Waals surface area contributed by atoms with E-state index >= 15 is 0 Å². The topological polar surface area (TPSA) is 63.6 Å². The Kier molecular flexibility index (Phi) is 5.97. The third-order valence-corrected chi connectivity index (χ3v) is 2.45. The molecule has 4 heteroatoms. The second kappa shape index (κ2) is 6.43. The quantitative estimate of drug-likeness (QED) is 0.523. The number of esters is 1. The number of hydrogen-bond acceptors (Lipinski definition) is 3. The molecule has 0 bridgehead atoms. The predicted molar refractivity (Wildman–Crippen MR) is 56.5 cm³/mol. The molecule has 0 aromatic heterocycles. The molecule has 0 aliphatic carbocycles. The lowest BCUT2D eigenvalue weighted by molar-refractivity contribution is -0.154. The summed E-state index contributed by atoms with van der Waals surface area (Å²) in [4.78, 5) is 21.6. The average Bonchev–Trinajstić information content (AvgIpc) is 2.16. The molecule has 1 N–H and O–H groups in total. The first-order valence-electron chi connectivity index (χ1n) is 5.29. The summed E-state index contributed by atoms with van der Waals surface area (Å²) in [5.41, 5.74) is -0.438. The fraction of sp³-hybridized carbons (Fsp3) is 0.818. The molecular formula is C11H20O4. The molecule has 0 spiro atoms. The SMILES string of the molecule is CCC(C)(C)C(=O)OCCCCC(=O)O. The Labute approximate surface area is 90.6 Å². The molecular weight excluding hydrogens is 196 g/mol. The summed E-state index contributed by atoms with van der Waals surface area (Å²) in [5, 5.41) is 8.38. The Morgan fingerprint density at radius 3 is 2.33 bits per heavy atom. The second-order valence-corrected chi connectivity index (χ2v) is 4.22. The fourth-order valence-corrected chi connectivity index (χ4v) is 0.883. The fourth-order valence-electron chi connectivity index (χ4n) is 0.883. The Balaban J connectivity index is 3.60. The largest absolute Gasteiger partial charge is 0.481 e. The molecule has 4 nitrogen and oxygen atoms in total. The van der Waals surface area contributed by atoms with E-state index in [9.17, 15) is 9.59 Å². The van der Waals surface area contributed by atoms with Gasteiger partial charge in [-0.1, -0.05) is 6.92 Å². The van der Waals surface area contributed by atoms with Crippen LogP contribution in [0.3, 0.4) is 0 Å². The lowest BCUT2D eigenvalue weighted by atomic mass is 9.91. The van der Waals surface area contributed by atoms with Gasteiger partial charge in [-0.15, -0.1) is 0 Å². The van der Waals surface area contributed by atoms with Gasteiger partial charge in [-0.3, -0.25) is 9.59 Å². The van der Waals surface area contributed by atoms with E-state index in [1.165, 1.54) is 0 Å². The van der Waals surface area contributed by atoms with Gasteiger partial charge in [-0.05, 0) is 33.1 Å². The highest BCUT2D eigenvalue weighted by Gasteiger charge is 2.26. The number of unbranched alkanes of at least 4 members (excludes halogenated alkanes) is 1. The van der Waals surface area contributed by atoms with Gasteiger partial charge in [0.25, 0.3) is 0 Å². The maximum atomic E-state index is 11.5. The minimum atomic E-state index is -0.810. The first-order chi connectivity index (χ1) is 6.90. The summed E-state index contributed by atoms with van der Waals surface area (Å²) in [6.07, 6.45) is 2.03. The number of hydrogen-bond donors (Lipinski definition) is 1. The minimum absolute atomic E-state index is 0.134. The summed E-state index contributed by atoms with van der Waals surface area (Å²) in [7, 11) is 0. The van der Waals surface area contributed by atoms with Crippen molar-refractivity contribution < 1.29 is 19.4 Å². The average molecular weight is 216 g/mol. The van der Waals surface area contributed by atoms with Gasteiger partial charge in [0.15, 0.2) is 0 Å². The Bertz CT molecular complexity index is 221. The summed E-state index contributed by atoms with van der Waals surface area (Å²) >= 11 is 0. The lowest BCUT2D eigenvalue weighted by Gasteiger charge is -2.20. The first kappa shape index (κ1) is 13.9. The number of carbonyl (C=O) groups is 2. The summed E-state index contributed by atoms with van der Waals surface area (Å²) in [6.45, 7) is 5.93. The molecule has 0 atom stereocenters. The number of rotatable bonds is 7. The van der Waals surface area contributed by atoms with Crippen molar-refractivity contribution >= 4 is 11.9 Å². The van der Waals surface area contributed by atoms with E-state index in [1.807, 2.05) is 20.8 Å². The highest BCUT2D eigenvalue weighted by atomic mass is 16.5. The first-order valence-corrected chi connectivity index (χ1v) is 5.29.